The SMILES string of the molecule is CCS(=O)(=O)N1CCN(C(=O)c2cccc(S(=O)(=O)N(C)C3CCCCC3)c2)CC1. The number of piperazine rings is 1. The Bertz CT molecular complexity index is 964. The van der Waals surface area contributed by atoms with Crippen LogP contribution in [0, 0.1) is 0 Å². The lowest BCUT2D eigenvalue weighted by molar-refractivity contribution is 0.0697. The van der Waals surface area contributed by atoms with Gasteiger partial charge in [-0.15, -0.1) is 0 Å². The number of benzene rings is 1. The van der Waals surface area contributed by atoms with Crippen LogP contribution in [-0.4, -0.2) is 81.3 Å². The van der Waals surface area contributed by atoms with E-state index >= 15 is 0 Å². The van der Waals surface area contributed by atoms with Gasteiger partial charge in [0.15, 0.2) is 0 Å². The van der Waals surface area contributed by atoms with E-state index in [1.54, 1.807) is 31.0 Å². The maximum Gasteiger partial charge on any atom is 0.253 e. The van der Waals surface area contributed by atoms with E-state index in [4.69, 9.17) is 0 Å². The maximum absolute atomic E-state index is 13.1. The van der Waals surface area contributed by atoms with Crippen molar-refractivity contribution >= 4 is 26.0 Å². The molecule has 168 valence electrons. The Morgan fingerprint density at radius 1 is 1.03 bits per heavy atom. The molecule has 0 unspecified atom stereocenters. The molecule has 0 aromatic heterocycles. The quantitative estimate of drug-likeness (QED) is 0.649. The van der Waals surface area contributed by atoms with Gasteiger partial charge in [0.25, 0.3) is 5.91 Å². The highest BCUT2D eigenvalue weighted by atomic mass is 32.2. The Kier molecular flexibility index (Phi) is 7.21. The summed E-state index contributed by atoms with van der Waals surface area (Å²) in [6.45, 7) is 2.69. The van der Waals surface area contributed by atoms with E-state index in [0.29, 0.717) is 5.56 Å². The molecule has 1 aliphatic heterocycles. The van der Waals surface area contributed by atoms with E-state index in [2.05, 4.69) is 0 Å². The van der Waals surface area contributed by atoms with Crippen LogP contribution in [0.5, 0.6) is 0 Å². The number of sulfonamides is 2. The molecule has 8 nitrogen and oxygen atoms in total. The van der Waals surface area contributed by atoms with Crippen molar-refractivity contribution < 1.29 is 21.6 Å². The van der Waals surface area contributed by atoms with Crippen molar-refractivity contribution in [3.63, 3.8) is 0 Å². The topological polar surface area (TPSA) is 95.1 Å². The van der Waals surface area contributed by atoms with E-state index in [-0.39, 0.29) is 48.8 Å². The summed E-state index contributed by atoms with van der Waals surface area (Å²) in [4.78, 5) is 14.6. The molecule has 0 radical (unpaired) electrons. The lowest BCUT2D eigenvalue weighted by Crippen LogP contribution is -2.50. The average molecular weight is 458 g/mol. The molecule has 0 spiro atoms. The Balaban J connectivity index is 1.73. The second-order valence-corrected chi connectivity index (χ2v) is 12.2. The molecular weight excluding hydrogens is 426 g/mol. The Labute approximate surface area is 179 Å². The molecular formula is C20H31N3O5S2. The van der Waals surface area contributed by atoms with Gasteiger partial charge >= 0.3 is 0 Å². The summed E-state index contributed by atoms with van der Waals surface area (Å²) in [7, 11) is -5.33. The average Bonchev–Trinajstić information content (AvgIpc) is 2.78. The third-order valence-corrected chi connectivity index (χ3v) is 9.92. The van der Waals surface area contributed by atoms with Crippen LogP contribution in [0.25, 0.3) is 0 Å². The number of nitrogens with zero attached hydrogens (tertiary/aromatic N) is 3. The van der Waals surface area contributed by atoms with Gasteiger partial charge in [0.2, 0.25) is 20.0 Å². The molecule has 2 aliphatic rings. The van der Waals surface area contributed by atoms with Crippen molar-refractivity contribution in [3.05, 3.63) is 29.8 Å². The minimum atomic E-state index is -3.68. The van der Waals surface area contributed by atoms with E-state index in [1.807, 2.05) is 0 Å². The first-order chi connectivity index (χ1) is 14.2. The van der Waals surface area contributed by atoms with Crippen LogP contribution in [0.2, 0.25) is 0 Å². The van der Waals surface area contributed by atoms with Gasteiger partial charge in [0.1, 0.15) is 0 Å². The van der Waals surface area contributed by atoms with Crippen molar-refractivity contribution in [1.29, 1.82) is 0 Å². The molecule has 1 heterocycles. The van der Waals surface area contributed by atoms with Crippen LogP contribution >= 0.6 is 0 Å². The van der Waals surface area contributed by atoms with Gasteiger partial charge in [-0.3, -0.25) is 4.79 Å². The molecule has 1 aliphatic carbocycles. The van der Waals surface area contributed by atoms with Crippen LogP contribution in [0.4, 0.5) is 0 Å². The smallest absolute Gasteiger partial charge is 0.253 e. The van der Waals surface area contributed by atoms with Gasteiger partial charge in [0.05, 0.1) is 10.6 Å². The molecule has 10 heteroatoms. The van der Waals surface area contributed by atoms with Crippen LogP contribution in [0.3, 0.4) is 0 Å². The fourth-order valence-corrected chi connectivity index (χ4v) is 6.68. The summed E-state index contributed by atoms with van der Waals surface area (Å²) in [6.07, 6.45) is 4.92. The molecule has 0 N–H and O–H groups in total. The van der Waals surface area contributed by atoms with Gasteiger partial charge in [-0.05, 0) is 38.0 Å². The number of hydrogen-bond donors (Lipinski definition) is 0. The van der Waals surface area contributed by atoms with Gasteiger partial charge in [-0.2, -0.15) is 8.61 Å². The van der Waals surface area contributed by atoms with E-state index < -0.39 is 20.0 Å². The van der Waals surface area contributed by atoms with E-state index in [0.717, 1.165) is 32.1 Å². The molecule has 2 fully saturated rings. The zero-order valence-electron chi connectivity index (χ0n) is 17.7. The van der Waals surface area contributed by atoms with Gasteiger partial charge < -0.3 is 4.90 Å². The number of rotatable bonds is 6. The third-order valence-electron chi connectivity index (χ3n) is 6.13. The maximum atomic E-state index is 13.1. The number of amides is 1. The number of carbonyl (C=O) groups excluding carboxylic acids is 1. The van der Waals surface area contributed by atoms with Crippen molar-refractivity contribution in [2.75, 3.05) is 39.0 Å². The first-order valence-electron chi connectivity index (χ1n) is 10.5. The highest BCUT2D eigenvalue weighted by molar-refractivity contribution is 7.89. The predicted molar refractivity (Wildman–Crippen MR) is 115 cm³/mol. The monoisotopic (exact) mass is 457 g/mol. The molecule has 1 saturated carbocycles. The molecule has 1 amide bonds. The number of carbonyl (C=O) groups is 1. The van der Waals surface area contributed by atoms with Crippen molar-refractivity contribution in [1.82, 2.24) is 13.5 Å². The van der Waals surface area contributed by atoms with Crippen LogP contribution in [0.15, 0.2) is 29.2 Å². The van der Waals surface area contributed by atoms with Crippen LogP contribution in [0.1, 0.15) is 49.4 Å². The Morgan fingerprint density at radius 2 is 1.67 bits per heavy atom. The van der Waals surface area contributed by atoms with Gasteiger partial charge in [-0.25, -0.2) is 16.8 Å². The fraction of sp³-hybridized carbons (Fsp3) is 0.650. The largest absolute Gasteiger partial charge is 0.336 e. The van der Waals surface area contributed by atoms with Gasteiger partial charge in [0, 0.05) is 44.8 Å². The van der Waals surface area contributed by atoms with Crippen molar-refractivity contribution in [3.8, 4) is 0 Å². The highest BCUT2D eigenvalue weighted by Gasteiger charge is 2.31. The lowest BCUT2D eigenvalue weighted by atomic mass is 9.96. The minimum absolute atomic E-state index is 0.00306. The molecule has 30 heavy (non-hydrogen) atoms. The molecule has 1 aromatic carbocycles. The summed E-state index contributed by atoms with van der Waals surface area (Å²) in [5, 5.41) is 0. The van der Waals surface area contributed by atoms with Crippen molar-refractivity contribution in [2.24, 2.45) is 0 Å². The Morgan fingerprint density at radius 3 is 2.27 bits per heavy atom. The zero-order chi connectivity index (χ0) is 21.9. The normalized spacial score (nSPS) is 19.9. The van der Waals surface area contributed by atoms with Crippen LogP contribution < -0.4 is 0 Å². The zero-order valence-corrected chi connectivity index (χ0v) is 19.3. The highest BCUT2D eigenvalue weighted by Crippen LogP contribution is 2.27. The van der Waals surface area contributed by atoms with Gasteiger partial charge in [-0.1, -0.05) is 25.3 Å². The molecule has 1 aromatic rings. The van der Waals surface area contributed by atoms with E-state index in [1.165, 1.54) is 20.7 Å². The summed E-state index contributed by atoms with van der Waals surface area (Å²) in [6, 6.07) is 6.16. The molecule has 1 saturated heterocycles. The Hall–Kier alpha value is -1.49. The number of hydrogen-bond acceptors (Lipinski definition) is 5. The molecule has 3 rings (SSSR count). The lowest BCUT2D eigenvalue weighted by Gasteiger charge is -2.34. The standard InChI is InChI=1S/C20H31N3O5S2/c1-3-29(25,26)23-14-12-22(13-15-23)20(24)17-8-7-11-19(16-17)30(27,28)21(2)18-9-5-4-6-10-18/h7-8,11,16,18H,3-6,9-10,12-15H2,1-2H3. The predicted octanol–water partition coefficient (Wildman–Crippen LogP) is 1.75. The first-order valence-corrected chi connectivity index (χ1v) is 13.6. The summed E-state index contributed by atoms with van der Waals surface area (Å²) in [5.74, 6) is -0.240. The molecule has 0 atom stereocenters. The summed E-state index contributed by atoms with van der Waals surface area (Å²) in [5.41, 5.74) is 0.305. The first kappa shape index (κ1) is 23.2. The second-order valence-electron chi connectivity index (χ2n) is 7.93. The molecule has 0 bridgehead atoms. The summed E-state index contributed by atoms with van der Waals surface area (Å²) >= 11 is 0. The fourth-order valence-electron chi connectivity index (χ4n) is 4.13. The van der Waals surface area contributed by atoms with Crippen LogP contribution in [-0.2, 0) is 20.0 Å². The second kappa shape index (κ2) is 9.33. The van der Waals surface area contributed by atoms with E-state index in [9.17, 15) is 21.6 Å². The third kappa shape index (κ3) is 4.87. The minimum Gasteiger partial charge on any atom is -0.336 e. The summed E-state index contributed by atoms with van der Waals surface area (Å²) < 4.78 is 53.0. The van der Waals surface area contributed by atoms with Crippen molar-refractivity contribution in [2.45, 2.75) is 50.0 Å².